The maximum absolute atomic E-state index is 12.6. The van der Waals surface area contributed by atoms with Crippen molar-refractivity contribution >= 4 is 34.8 Å². The van der Waals surface area contributed by atoms with Crippen molar-refractivity contribution in [3.63, 3.8) is 0 Å². The first-order chi connectivity index (χ1) is 14.1. The number of hydrogen-bond acceptors (Lipinski definition) is 4. The molecule has 7 heteroatoms. The lowest BCUT2D eigenvalue weighted by atomic mass is 10.1. The molecule has 1 aliphatic heterocycles. The summed E-state index contributed by atoms with van der Waals surface area (Å²) in [6.45, 7) is 3.49. The minimum atomic E-state index is -0.128. The molecule has 2 aliphatic rings. The summed E-state index contributed by atoms with van der Waals surface area (Å²) in [5.74, 6) is -0.236. The van der Waals surface area contributed by atoms with Crippen LogP contribution in [0.5, 0.6) is 0 Å². The molecule has 1 heterocycles. The van der Waals surface area contributed by atoms with Gasteiger partial charge in [-0.1, -0.05) is 35.9 Å². The van der Waals surface area contributed by atoms with Crippen LogP contribution in [-0.2, 0) is 4.79 Å². The topological polar surface area (TPSA) is 64.7 Å². The van der Waals surface area contributed by atoms with E-state index in [1.54, 1.807) is 12.1 Å². The van der Waals surface area contributed by atoms with Crippen molar-refractivity contribution in [2.45, 2.75) is 18.9 Å². The van der Waals surface area contributed by atoms with E-state index < -0.39 is 0 Å². The minimum absolute atomic E-state index is 0.108. The van der Waals surface area contributed by atoms with E-state index in [0.717, 1.165) is 49.7 Å². The maximum atomic E-state index is 12.6. The van der Waals surface area contributed by atoms with Crippen LogP contribution in [0.1, 0.15) is 23.2 Å². The Hall–Kier alpha value is -2.57. The van der Waals surface area contributed by atoms with Crippen LogP contribution >= 0.6 is 11.6 Å². The Balaban J connectivity index is 1.31. The summed E-state index contributed by atoms with van der Waals surface area (Å²) in [6, 6.07) is 15.3. The molecular weight excluding hydrogens is 388 g/mol. The van der Waals surface area contributed by atoms with E-state index in [1.807, 2.05) is 36.4 Å². The van der Waals surface area contributed by atoms with Crippen LogP contribution < -0.4 is 15.5 Å². The number of anilines is 2. The third-order valence-corrected chi connectivity index (χ3v) is 5.61. The number of halogens is 1. The van der Waals surface area contributed by atoms with Crippen LogP contribution in [0.15, 0.2) is 48.5 Å². The molecule has 152 valence electrons. The van der Waals surface area contributed by atoms with Crippen LogP contribution in [0.2, 0.25) is 5.02 Å². The van der Waals surface area contributed by atoms with Gasteiger partial charge in [0.25, 0.3) is 5.91 Å². The number of para-hydroxylation sites is 2. The summed E-state index contributed by atoms with van der Waals surface area (Å²) in [5.41, 5.74) is 2.11. The van der Waals surface area contributed by atoms with Crippen molar-refractivity contribution in [3.05, 3.63) is 59.1 Å². The van der Waals surface area contributed by atoms with E-state index in [-0.39, 0.29) is 17.9 Å². The molecule has 1 saturated carbocycles. The number of rotatable bonds is 6. The number of nitrogens with zero attached hydrogens (tertiary/aromatic N) is 2. The van der Waals surface area contributed by atoms with Crippen LogP contribution in [0.25, 0.3) is 0 Å². The molecule has 1 aliphatic carbocycles. The van der Waals surface area contributed by atoms with E-state index >= 15 is 0 Å². The number of carbonyl (C=O) groups is 2. The first kappa shape index (κ1) is 19.7. The Kier molecular flexibility index (Phi) is 6.02. The number of carbonyl (C=O) groups excluding carboxylic acids is 2. The third-order valence-electron chi connectivity index (χ3n) is 5.29. The van der Waals surface area contributed by atoms with Gasteiger partial charge in [-0.3, -0.25) is 14.5 Å². The molecule has 2 amide bonds. The molecule has 2 fully saturated rings. The van der Waals surface area contributed by atoms with Crippen LogP contribution in [0.4, 0.5) is 11.4 Å². The Bertz CT molecular complexity index is 892. The van der Waals surface area contributed by atoms with Gasteiger partial charge in [0.2, 0.25) is 5.91 Å². The molecular formula is C22H25ClN4O2. The monoisotopic (exact) mass is 412 g/mol. The number of nitrogens with one attached hydrogen (secondary N) is 2. The van der Waals surface area contributed by atoms with Gasteiger partial charge >= 0.3 is 0 Å². The zero-order valence-corrected chi connectivity index (χ0v) is 17.0. The first-order valence-electron chi connectivity index (χ1n) is 10.0. The van der Waals surface area contributed by atoms with Gasteiger partial charge in [0.1, 0.15) is 0 Å². The summed E-state index contributed by atoms with van der Waals surface area (Å²) >= 11 is 6.29. The van der Waals surface area contributed by atoms with Crippen molar-refractivity contribution in [1.29, 1.82) is 0 Å². The fraction of sp³-hybridized carbons (Fsp3) is 0.364. The second kappa shape index (κ2) is 8.84. The molecule has 2 N–H and O–H groups in total. The summed E-state index contributed by atoms with van der Waals surface area (Å²) < 4.78 is 0. The molecule has 1 saturated heterocycles. The lowest BCUT2D eigenvalue weighted by Gasteiger charge is -2.36. The smallest absolute Gasteiger partial charge is 0.253 e. The predicted octanol–water partition coefficient (Wildman–Crippen LogP) is 2.99. The van der Waals surface area contributed by atoms with Crippen molar-refractivity contribution in [1.82, 2.24) is 10.2 Å². The average Bonchev–Trinajstić information content (AvgIpc) is 3.53. The first-order valence-corrected chi connectivity index (χ1v) is 10.4. The number of piperazine rings is 1. The zero-order chi connectivity index (χ0) is 20.2. The van der Waals surface area contributed by atoms with Gasteiger partial charge in [-0.25, -0.2) is 0 Å². The normalized spacial score (nSPS) is 17.1. The number of hydrogen-bond donors (Lipinski definition) is 2. The fourth-order valence-corrected chi connectivity index (χ4v) is 3.78. The maximum Gasteiger partial charge on any atom is 0.253 e. The van der Waals surface area contributed by atoms with Crippen molar-refractivity contribution < 1.29 is 9.59 Å². The molecule has 0 radical (unpaired) electrons. The van der Waals surface area contributed by atoms with Gasteiger partial charge in [-0.15, -0.1) is 0 Å². The molecule has 0 aromatic heterocycles. The molecule has 0 unspecified atom stereocenters. The lowest BCUT2D eigenvalue weighted by molar-refractivity contribution is -0.117. The highest BCUT2D eigenvalue weighted by Gasteiger charge is 2.25. The van der Waals surface area contributed by atoms with Crippen molar-refractivity contribution in [3.8, 4) is 0 Å². The van der Waals surface area contributed by atoms with Crippen molar-refractivity contribution in [2.24, 2.45) is 0 Å². The third kappa shape index (κ3) is 5.08. The van der Waals surface area contributed by atoms with Crippen molar-refractivity contribution in [2.75, 3.05) is 42.9 Å². The van der Waals surface area contributed by atoms with E-state index in [2.05, 4.69) is 20.4 Å². The van der Waals surface area contributed by atoms with E-state index in [1.165, 1.54) is 0 Å². The number of amides is 2. The molecule has 6 nitrogen and oxygen atoms in total. The van der Waals surface area contributed by atoms with E-state index in [4.69, 9.17) is 11.6 Å². The van der Waals surface area contributed by atoms with Gasteiger partial charge in [-0.2, -0.15) is 0 Å². The van der Waals surface area contributed by atoms with Crippen LogP contribution in [0.3, 0.4) is 0 Å². The number of benzene rings is 2. The van der Waals surface area contributed by atoms with E-state index in [0.29, 0.717) is 17.8 Å². The molecule has 0 atom stereocenters. The second-order valence-electron chi connectivity index (χ2n) is 7.56. The van der Waals surface area contributed by atoms with Gasteiger partial charge < -0.3 is 15.5 Å². The molecule has 0 spiro atoms. The summed E-state index contributed by atoms with van der Waals surface area (Å²) in [6.07, 6.45) is 2.06. The van der Waals surface area contributed by atoms with Gasteiger partial charge in [0.05, 0.1) is 28.5 Å². The summed E-state index contributed by atoms with van der Waals surface area (Å²) in [4.78, 5) is 29.3. The SMILES string of the molecule is O=C(CN1CCN(c2ccccc2Cl)CC1)Nc1ccccc1C(=O)NC1CC1. The van der Waals surface area contributed by atoms with Crippen LogP contribution in [-0.4, -0.2) is 55.5 Å². The molecule has 0 bridgehead atoms. The van der Waals surface area contributed by atoms with Gasteiger partial charge in [-0.05, 0) is 37.1 Å². The molecule has 2 aromatic rings. The highest BCUT2D eigenvalue weighted by molar-refractivity contribution is 6.33. The highest BCUT2D eigenvalue weighted by atomic mass is 35.5. The largest absolute Gasteiger partial charge is 0.368 e. The zero-order valence-electron chi connectivity index (χ0n) is 16.2. The standard InChI is InChI=1S/C22H25ClN4O2/c23-18-6-2-4-8-20(18)27-13-11-26(12-14-27)15-21(28)25-19-7-3-1-5-17(19)22(29)24-16-9-10-16/h1-8,16H,9-15H2,(H,24,29)(H,25,28). The van der Waals surface area contributed by atoms with Gasteiger partial charge in [0, 0.05) is 32.2 Å². The van der Waals surface area contributed by atoms with Crippen LogP contribution in [0, 0.1) is 0 Å². The second-order valence-corrected chi connectivity index (χ2v) is 7.96. The molecule has 29 heavy (non-hydrogen) atoms. The Morgan fingerprint density at radius 2 is 1.66 bits per heavy atom. The lowest BCUT2D eigenvalue weighted by Crippen LogP contribution is -2.48. The van der Waals surface area contributed by atoms with Gasteiger partial charge in [0.15, 0.2) is 0 Å². The Labute approximate surface area is 175 Å². The fourth-order valence-electron chi connectivity index (χ4n) is 3.53. The minimum Gasteiger partial charge on any atom is -0.368 e. The quantitative estimate of drug-likeness (QED) is 0.765. The molecule has 2 aromatic carbocycles. The highest BCUT2D eigenvalue weighted by Crippen LogP contribution is 2.26. The predicted molar refractivity (Wildman–Crippen MR) is 116 cm³/mol. The summed E-state index contributed by atoms with van der Waals surface area (Å²) in [7, 11) is 0. The Morgan fingerprint density at radius 3 is 2.38 bits per heavy atom. The molecule has 4 rings (SSSR count). The van der Waals surface area contributed by atoms with E-state index in [9.17, 15) is 9.59 Å². The average molecular weight is 413 g/mol. The summed E-state index contributed by atoms with van der Waals surface area (Å²) in [5, 5.41) is 6.63. The Morgan fingerprint density at radius 1 is 0.966 bits per heavy atom.